The molecule has 52 heavy (non-hydrogen) atoms. The molecule has 1 aliphatic heterocycles. The number of hydrogen-bond acceptors (Lipinski definition) is 2. The van der Waals surface area contributed by atoms with E-state index in [1.807, 2.05) is 12.1 Å². The first-order valence-corrected chi connectivity index (χ1v) is 21.7. The summed E-state index contributed by atoms with van der Waals surface area (Å²) in [6.45, 7) is 5.13. The molecule has 4 heteroatoms. The van der Waals surface area contributed by atoms with Crippen molar-refractivity contribution in [3.63, 3.8) is 0 Å². The van der Waals surface area contributed by atoms with Gasteiger partial charge in [0.1, 0.15) is 0 Å². The molecule has 0 radical (unpaired) electrons. The minimum absolute atomic E-state index is 0.732. The van der Waals surface area contributed by atoms with Crippen LogP contribution >= 0.6 is 0 Å². The molecule has 0 aliphatic carbocycles. The second kappa shape index (κ2) is 10.8. The summed E-state index contributed by atoms with van der Waals surface area (Å²) in [5.74, 6) is 0.732. The van der Waals surface area contributed by atoms with Crippen molar-refractivity contribution in [3.05, 3.63) is 164 Å². The molecule has 0 saturated carbocycles. The normalized spacial score (nSPS) is 14.0. The topological polar surface area (TPSA) is 30.7 Å². The van der Waals surface area contributed by atoms with Gasteiger partial charge in [0.15, 0.2) is 0 Å². The van der Waals surface area contributed by atoms with Gasteiger partial charge in [0.25, 0.3) is 0 Å². The van der Waals surface area contributed by atoms with E-state index in [0.717, 1.165) is 39.2 Å². The van der Waals surface area contributed by atoms with Crippen molar-refractivity contribution >= 4 is 72.7 Å². The Bertz CT molecular complexity index is 3090. The van der Waals surface area contributed by atoms with Crippen LogP contribution in [0, 0.1) is 0 Å². The third-order valence-corrected chi connectivity index (χ3v) is 15.7. The van der Waals surface area contributed by atoms with E-state index in [0.29, 0.717) is 0 Å². The third kappa shape index (κ3) is 4.07. The van der Waals surface area contributed by atoms with E-state index in [2.05, 4.69) is 169 Å². The number of benzene rings is 8. The van der Waals surface area contributed by atoms with E-state index in [4.69, 9.17) is 9.97 Å². The zero-order valence-electron chi connectivity index (χ0n) is 29.0. The molecule has 0 fully saturated rings. The Morgan fingerprint density at radius 2 is 1.17 bits per heavy atom. The number of rotatable bonds is 3. The van der Waals surface area contributed by atoms with Gasteiger partial charge in [-0.05, 0) is 0 Å². The van der Waals surface area contributed by atoms with Crippen molar-refractivity contribution in [2.45, 2.75) is 13.1 Å². The predicted octanol–water partition coefficient (Wildman–Crippen LogP) is 10.9. The van der Waals surface area contributed by atoms with E-state index < -0.39 is 8.07 Å². The Kier molecular flexibility index (Phi) is 6.11. The van der Waals surface area contributed by atoms with E-state index in [1.54, 1.807) is 10.4 Å². The van der Waals surface area contributed by atoms with Crippen molar-refractivity contribution < 1.29 is 0 Å². The fraction of sp³-hybridized carbons (Fsp3) is 0.0417. The standard InChI is InChI=1S/C48H34N3Si/c1-52(2)42-29-23-31-13-7-9-17-36(31)44(42)39-27-26-38-43-35-16-8-6-12-30(35)22-28-41(43)51(46(38)47(39)52)34-24-20-33(21-25-34)48-49-40-19-11-10-18-37(40)45(50-48)32-14-4-3-5-15-32/h3-29,52H,1-2H3/q-1. The summed E-state index contributed by atoms with van der Waals surface area (Å²) in [5.41, 5.74) is 10.5. The van der Waals surface area contributed by atoms with Crippen LogP contribution in [0.5, 0.6) is 0 Å². The molecule has 3 heterocycles. The number of fused-ring (bicyclic) bond motifs is 12. The van der Waals surface area contributed by atoms with E-state index >= 15 is 0 Å². The Morgan fingerprint density at radius 1 is 0.500 bits per heavy atom. The Labute approximate surface area is 302 Å². The molecular formula is C48H34N3Si-. The van der Waals surface area contributed by atoms with Gasteiger partial charge in [0, 0.05) is 0 Å². The molecule has 3 nitrogen and oxygen atoms in total. The van der Waals surface area contributed by atoms with E-state index in [9.17, 15) is 0 Å². The summed E-state index contributed by atoms with van der Waals surface area (Å²) in [7, 11) is -2.51. The number of hydrogen-bond donors (Lipinski definition) is 0. The molecule has 11 rings (SSSR count). The van der Waals surface area contributed by atoms with Crippen molar-refractivity contribution in [2.75, 3.05) is 0 Å². The van der Waals surface area contributed by atoms with Gasteiger partial charge in [-0.2, -0.15) is 0 Å². The van der Waals surface area contributed by atoms with Gasteiger partial charge in [-0.25, -0.2) is 0 Å². The summed E-state index contributed by atoms with van der Waals surface area (Å²) in [6, 6.07) is 59.6. The molecule has 0 saturated heterocycles. The van der Waals surface area contributed by atoms with Gasteiger partial charge in [-0.3, -0.25) is 0 Å². The first-order valence-electron chi connectivity index (χ1n) is 18.2. The second-order valence-corrected chi connectivity index (χ2v) is 19.8. The summed E-state index contributed by atoms with van der Waals surface area (Å²) >= 11 is 0. The van der Waals surface area contributed by atoms with Gasteiger partial charge >= 0.3 is 279 Å². The molecule has 0 N–H and O–H groups in total. The van der Waals surface area contributed by atoms with Crippen molar-refractivity contribution in [2.24, 2.45) is 0 Å². The molecular weight excluding hydrogens is 647 g/mol. The summed E-state index contributed by atoms with van der Waals surface area (Å²) < 4.78 is 2.55. The Morgan fingerprint density at radius 3 is 1.98 bits per heavy atom. The van der Waals surface area contributed by atoms with Crippen LogP contribution in [0.2, 0.25) is 13.1 Å². The Balaban J connectivity index is 1.17. The van der Waals surface area contributed by atoms with Crippen molar-refractivity contribution in [1.82, 2.24) is 14.5 Å². The first-order chi connectivity index (χ1) is 25.6. The molecule has 1 aliphatic rings. The molecule has 10 aromatic rings. The number of para-hydroxylation sites is 1. The van der Waals surface area contributed by atoms with Gasteiger partial charge in [-0.15, -0.1) is 0 Å². The summed E-state index contributed by atoms with van der Waals surface area (Å²) in [6.07, 6.45) is 0. The summed E-state index contributed by atoms with van der Waals surface area (Å²) in [5, 5.41) is 12.0. The van der Waals surface area contributed by atoms with E-state index in [-0.39, 0.29) is 0 Å². The minimum atomic E-state index is -2.51. The van der Waals surface area contributed by atoms with Gasteiger partial charge in [-0.1, -0.05) is 24.3 Å². The maximum atomic E-state index is 5.17. The molecule has 2 aromatic heterocycles. The average Bonchev–Trinajstić information content (AvgIpc) is 3.66. The zero-order valence-corrected chi connectivity index (χ0v) is 30.2. The van der Waals surface area contributed by atoms with Crippen LogP contribution in [0.25, 0.3) is 93.7 Å². The van der Waals surface area contributed by atoms with Gasteiger partial charge in [0.05, 0.1) is 0 Å². The average molecular weight is 681 g/mol. The monoisotopic (exact) mass is 680 g/mol. The van der Waals surface area contributed by atoms with Crippen LogP contribution in [-0.2, 0) is 0 Å². The maximum absolute atomic E-state index is 5.17. The third-order valence-electron chi connectivity index (χ3n) is 11.6. The SMILES string of the molecule is C[SiH-]1(C)c2ccc3ccccc3c2-c2ccc3c4c5ccccc5ccc4n(-c4ccc(-c5nc(-c6ccccc6)c6ccccc6n5)cc4)c3c21. The molecule has 246 valence electrons. The molecule has 0 bridgehead atoms. The van der Waals surface area contributed by atoms with Crippen LogP contribution < -0.4 is 10.4 Å². The second-order valence-electron chi connectivity index (χ2n) is 14.9. The predicted molar refractivity (Wildman–Crippen MR) is 223 cm³/mol. The quantitative estimate of drug-likeness (QED) is 0.174. The van der Waals surface area contributed by atoms with Crippen LogP contribution in [-0.4, -0.2) is 22.6 Å². The molecule has 0 atom stereocenters. The van der Waals surface area contributed by atoms with Crippen LogP contribution in [0.3, 0.4) is 0 Å². The summed E-state index contributed by atoms with van der Waals surface area (Å²) in [4.78, 5) is 10.2. The van der Waals surface area contributed by atoms with Crippen molar-refractivity contribution in [3.8, 4) is 39.5 Å². The van der Waals surface area contributed by atoms with Crippen molar-refractivity contribution in [1.29, 1.82) is 0 Å². The fourth-order valence-corrected chi connectivity index (χ4v) is 13.2. The zero-order chi connectivity index (χ0) is 34.6. The molecule has 0 spiro atoms. The molecule has 0 unspecified atom stereocenters. The molecule has 0 amide bonds. The first kappa shape index (κ1) is 29.4. The molecule has 8 aromatic carbocycles. The van der Waals surface area contributed by atoms with Gasteiger partial charge < -0.3 is 0 Å². The number of aromatic nitrogens is 3. The fourth-order valence-electron chi connectivity index (χ4n) is 9.24. The Hall–Kier alpha value is -6.36. The number of nitrogens with zero attached hydrogens (tertiary/aromatic N) is 3. The van der Waals surface area contributed by atoms with Crippen LogP contribution in [0.15, 0.2) is 164 Å². The van der Waals surface area contributed by atoms with Crippen LogP contribution in [0.1, 0.15) is 0 Å². The van der Waals surface area contributed by atoms with Gasteiger partial charge in [0.2, 0.25) is 0 Å². The van der Waals surface area contributed by atoms with Crippen LogP contribution in [0.4, 0.5) is 0 Å². The van der Waals surface area contributed by atoms with E-state index in [1.165, 1.54) is 54.5 Å².